The predicted octanol–water partition coefficient (Wildman–Crippen LogP) is 3.67. The molecule has 1 fully saturated rings. The Balaban J connectivity index is 1.64. The number of ether oxygens (including phenoxy) is 2. The van der Waals surface area contributed by atoms with Gasteiger partial charge in [-0.05, 0) is 54.8 Å². The first-order chi connectivity index (χ1) is 15.9. The number of Topliss-reactive ketones (excluding diaryl/α,β-unsaturated/α-hetero) is 2. The zero-order valence-electron chi connectivity index (χ0n) is 17.7. The van der Waals surface area contributed by atoms with E-state index in [0.717, 1.165) is 0 Å². The molecule has 2 heterocycles. The summed E-state index contributed by atoms with van der Waals surface area (Å²) in [6, 6.07) is 10.5. The lowest BCUT2D eigenvalue weighted by Gasteiger charge is -2.27. The molecule has 172 valence electrons. The number of carbonyl (C=O) groups excluding carboxylic acids is 3. The smallest absolute Gasteiger partial charge is 0.303 e. The monoisotopic (exact) mass is 471 g/mol. The quantitative estimate of drug-likeness (QED) is 0.257. The highest BCUT2D eigenvalue weighted by Gasteiger charge is 2.51. The topological polar surface area (TPSA) is 110 Å². The summed E-state index contributed by atoms with van der Waals surface area (Å²) in [5.41, 5.74) is 0.885. The Morgan fingerprint density at radius 1 is 1.00 bits per heavy atom. The van der Waals surface area contributed by atoms with Crippen molar-refractivity contribution in [3.63, 3.8) is 0 Å². The summed E-state index contributed by atoms with van der Waals surface area (Å²) in [5.74, 6) is -2.99. The largest absolute Gasteiger partial charge is 0.481 e. The molecule has 2 aromatic rings. The molecule has 9 heteroatoms. The predicted molar refractivity (Wildman–Crippen MR) is 117 cm³/mol. The molecule has 1 amide bonds. The third kappa shape index (κ3) is 4.71. The van der Waals surface area contributed by atoms with E-state index >= 15 is 0 Å². The van der Waals surface area contributed by atoms with Crippen LogP contribution in [0, 0.1) is 5.92 Å². The van der Waals surface area contributed by atoms with Gasteiger partial charge in [-0.3, -0.25) is 19.2 Å². The summed E-state index contributed by atoms with van der Waals surface area (Å²) in [7, 11) is 0. The number of nitrogens with zero attached hydrogens (tertiary/aromatic N) is 1. The number of hydrogen-bond acceptors (Lipinski definition) is 6. The number of unbranched alkanes of at least 4 members (excludes halogenated alkanes) is 2. The van der Waals surface area contributed by atoms with Crippen LogP contribution in [0.2, 0.25) is 5.02 Å². The van der Waals surface area contributed by atoms with Gasteiger partial charge in [-0.25, -0.2) is 0 Å². The molecule has 0 aromatic heterocycles. The van der Waals surface area contributed by atoms with Crippen LogP contribution in [0.3, 0.4) is 0 Å². The van der Waals surface area contributed by atoms with Crippen LogP contribution in [-0.4, -0.2) is 46.8 Å². The van der Waals surface area contributed by atoms with Crippen LogP contribution in [-0.2, 0) is 14.4 Å². The van der Waals surface area contributed by atoms with Crippen molar-refractivity contribution in [3.05, 3.63) is 58.6 Å². The Hall–Kier alpha value is -3.39. The first-order valence-corrected chi connectivity index (χ1v) is 11.0. The highest BCUT2D eigenvalue weighted by atomic mass is 35.5. The molecule has 2 aliphatic heterocycles. The van der Waals surface area contributed by atoms with E-state index in [1.807, 2.05) is 0 Å². The van der Waals surface area contributed by atoms with E-state index in [2.05, 4.69) is 0 Å². The number of likely N-dealkylation sites (tertiary alicyclic amines) is 1. The number of rotatable bonds is 9. The number of ketones is 2. The molecule has 2 aromatic carbocycles. The molecule has 33 heavy (non-hydrogen) atoms. The summed E-state index contributed by atoms with van der Waals surface area (Å²) in [4.78, 5) is 51.5. The van der Waals surface area contributed by atoms with Crippen molar-refractivity contribution in [3.8, 4) is 11.5 Å². The van der Waals surface area contributed by atoms with Gasteiger partial charge < -0.3 is 19.5 Å². The number of benzene rings is 2. The van der Waals surface area contributed by atoms with Crippen molar-refractivity contribution in [1.29, 1.82) is 0 Å². The second-order valence-corrected chi connectivity index (χ2v) is 8.41. The number of carboxylic acid groups (broad SMARTS) is 1. The zero-order valence-corrected chi connectivity index (χ0v) is 18.4. The van der Waals surface area contributed by atoms with E-state index in [0.29, 0.717) is 46.9 Å². The fourth-order valence-corrected chi connectivity index (χ4v) is 4.35. The molecule has 1 saturated heterocycles. The lowest BCUT2D eigenvalue weighted by atomic mass is 9.86. The van der Waals surface area contributed by atoms with Crippen molar-refractivity contribution >= 4 is 35.0 Å². The highest BCUT2D eigenvalue weighted by Crippen LogP contribution is 2.42. The van der Waals surface area contributed by atoms with E-state index in [1.54, 1.807) is 30.3 Å². The zero-order chi connectivity index (χ0) is 23.5. The highest BCUT2D eigenvalue weighted by molar-refractivity contribution is 6.44. The molecule has 4 rings (SSSR count). The standard InChI is InChI=1S/C24H22ClNO7/c25-16-8-5-14(6-9-16)22(29)20-21(15-7-10-17-18(12-15)33-13-32-17)26(24(31)23(20)30)11-3-1-2-4-19(27)28/h5-10,12,20-21H,1-4,11,13H2,(H,27,28). The molecule has 2 atom stereocenters. The van der Waals surface area contributed by atoms with E-state index in [-0.39, 0.29) is 19.8 Å². The summed E-state index contributed by atoms with van der Waals surface area (Å²) in [6.07, 6.45) is 1.59. The number of aliphatic carboxylic acids is 1. The summed E-state index contributed by atoms with van der Waals surface area (Å²) in [6.45, 7) is 0.301. The molecule has 0 bridgehead atoms. The van der Waals surface area contributed by atoms with E-state index in [9.17, 15) is 19.2 Å². The molecule has 0 spiro atoms. The summed E-state index contributed by atoms with van der Waals surface area (Å²) >= 11 is 5.93. The van der Waals surface area contributed by atoms with Crippen LogP contribution in [0.1, 0.15) is 47.6 Å². The maximum absolute atomic E-state index is 13.4. The first-order valence-electron chi connectivity index (χ1n) is 10.6. The number of amides is 1. The van der Waals surface area contributed by atoms with Crippen LogP contribution in [0.15, 0.2) is 42.5 Å². The van der Waals surface area contributed by atoms with Gasteiger partial charge in [0.05, 0.1) is 6.04 Å². The van der Waals surface area contributed by atoms with Gasteiger partial charge in [-0.2, -0.15) is 0 Å². The second kappa shape index (κ2) is 9.62. The van der Waals surface area contributed by atoms with Crippen molar-refractivity contribution in [2.24, 2.45) is 5.92 Å². The van der Waals surface area contributed by atoms with Crippen LogP contribution < -0.4 is 9.47 Å². The minimum absolute atomic E-state index is 0.0378. The van der Waals surface area contributed by atoms with Crippen LogP contribution in [0.25, 0.3) is 0 Å². The van der Waals surface area contributed by atoms with Crippen LogP contribution >= 0.6 is 11.6 Å². The average Bonchev–Trinajstić information content (AvgIpc) is 3.36. The molecule has 0 aliphatic carbocycles. The third-order valence-corrected chi connectivity index (χ3v) is 6.10. The SMILES string of the molecule is O=C(O)CCCCCN1C(=O)C(=O)C(C(=O)c2ccc(Cl)cc2)C1c1ccc2c(c1)OCO2. The Kier molecular flexibility index (Phi) is 6.65. The fraction of sp³-hybridized carbons (Fsp3) is 0.333. The van der Waals surface area contributed by atoms with Crippen molar-refractivity contribution in [2.45, 2.75) is 31.7 Å². The Morgan fingerprint density at radius 2 is 1.73 bits per heavy atom. The molecular weight excluding hydrogens is 450 g/mol. The van der Waals surface area contributed by atoms with Gasteiger partial charge in [0.2, 0.25) is 12.6 Å². The Labute approximate surface area is 195 Å². The molecule has 2 unspecified atom stereocenters. The maximum atomic E-state index is 13.4. The summed E-state index contributed by atoms with van der Waals surface area (Å²) in [5, 5.41) is 9.27. The minimum atomic E-state index is -1.21. The molecule has 0 radical (unpaired) electrons. The molecule has 2 aliphatic rings. The van der Waals surface area contributed by atoms with Gasteiger partial charge in [-0.15, -0.1) is 0 Å². The molecular formula is C24H22ClNO7. The van der Waals surface area contributed by atoms with E-state index in [4.69, 9.17) is 26.2 Å². The third-order valence-electron chi connectivity index (χ3n) is 5.84. The van der Waals surface area contributed by atoms with E-state index < -0.39 is 35.4 Å². The van der Waals surface area contributed by atoms with E-state index in [1.165, 1.54) is 17.0 Å². The number of fused-ring (bicyclic) bond motifs is 1. The van der Waals surface area contributed by atoms with Crippen LogP contribution in [0.4, 0.5) is 0 Å². The van der Waals surface area contributed by atoms with Gasteiger partial charge in [0.25, 0.3) is 5.91 Å². The first kappa shape index (κ1) is 22.8. The van der Waals surface area contributed by atoms with Gasteiger partial charge in [0, 0.05) is 23.6 Å². The van der Waals surface area contributed by atoms with Crippen molar-refractivity contribution < 1.29 is 33.8 Å². The molecule has 0 saturated carbocycles. The lowest BCUT2D eigenvalue weighted by molar-refractivity contribution is -0.140. The van der Waals surface area contributed by atoms with Gasteiger partial charge in [0.1, 0.15) is 5.92 Å². The maximum Gasteiger partial charge on any atom is 0.303 e. The number of hydrogen-bond donors (Lipinski definition) is 1. The number of carbonyl (C=O) groups is 4. The number of halogens is 1. The lowest BCUT2D eigenvalue weighted by Crippen LogP contribution is -2.31. The summed E-state index contributed by atoms with van der Waals surface area (Å²) < 4.78 is 10.8. The average molecular weight is 472 g/mol. The normalized spacial score (nSPS) is 19.2. The minimum Gasteiger partial charge on any atom is -0.481 e. The Morgan fingerprint density at radius 3 is 2.45 bits per heavy atom. The van der Waals surface area contributed by atoms with Crippen LogP contribution in [0.5, 0.6) is 11.5 Å². The van der Waals surface area contributed by atoms with Gasteiger partial charge in [0.15, 0.2) is 17.3 Å². The Bertz CT molecular complexity index is 1100. The molecule has 1 N–H and O–H groups in total. The van der Waals surface area contributed by atoms with Crippen molar-refractivity contribution in [1.82, 2.24) is 4.90 Å². The van der Waals surface area contributed by atoms with Crippen molar-refractivity contribution in [2.75, 3.05) is 13.3 Å². The van der Waals surface area contributed by atoms with Gasteiger partial charge in [-0.1, -0.05) is 24.1 Å². The number of carboxylic acids is 1. The second-order valence-electron chi connectivity index (χ2n) is 7.97. The van der Waals surface area contributed by atoms with Gasteiger partial charge >= 0.3 is 5.97 Å². The molecule has 8 nitrogen and oxygen atoms in total. The fourth-order valence-electron chi connectivity index (χ4n) is 4.23.